The second-order valence-electron chi connectivity index (χ2n) is 4.46. The van der Waals surface area contributed by atoms with Gasteiger partial charge in [0.1, 0.15) is 5.82 Å². The van der Waals surface area contributed by atoms with E-state index >= 15 is 0 Å². The van der Waals surface area contributed by atoms with Gasteiger partial charge in [0.05, 0.1) is 4.47 Å². The van der Waals surface area contributed by atoms with E-state index in [1.807, 2.05) is 32.0 Å². The molecule has 0 aromatic heterocycles. The van der Waals surface area contributed by atoms with Crippen LogP contribution in [0.4, 0.5) is 10.1 Å². The maximum absolute atomic E-state index is 13.4. The molecule has 0 bridgehead atoms. The third-order valence-corrected chi connectivity index (χ3v) is 3.30. The van der Waals surface area contributed by atoms with E-state index in [0.717, 1.165) is 11.1 Å². The number of carbonyl (C=O) groups is 1. The van der Waals surface area contributed by atoms with Crippen LogP contribution in [-0.4, -0.2) is 5.91 Å². The third kappa shape index (κ3) is 3.41. The molecule has 1 N–H and O–H groups in total. The molecule has 0 saturated carbocycles. The maximum Gasteiger partial charge on any atom is 0.255 e. The smallest absolute Gasteiger partial charge is 0.255 e. The Hall–Kier alpha value is -1.68. The molecule has 98 valence electrons. The van der Waals surface area contributed by atoms with Crippen LogP contribution in [0.1, 0.15) is 21.5 Å². The number of nitrogens with one attached hydrogen (secondary N) is 1. The summed E-state index contributed by atoms with van der Waals surface area (Å²) in [7, 11) is 0. The van der Waals surface area contributed by atoms with Crippen LogP contribution in [0.5, 0.6) is 0 Å². The largest absolute Gasteiger partial charge is 0.322 e. The second-order valence-corrected chi connectivity index (χ2v) is 5.31. The van der Waals surface area contributed by atoms with Crippen LogP contribution in [0.2, 0.25) is 0 Å². The predicted octanol–water partition coefficient (Wildman–Crippen LogP) is 4.46. The quantitative estimate of drug-likeness (QED) is 0.869. The summed E-state index contributed by atoms with van der Waals surface area (Å²) in [5.74, 6) is -0.774. The lowest BCUT2D eigenvalue weighted by atomic mass is 10.1. The maximum atomic E-state index is 13.4. The molecule has 2 nitrogen and oxygen atoms in total. The number of carbonyl (C=O) groups excluding carboxylic acids is 1. The molecule has 0 aliphatic rings. The topological polar surface area (TPSA) is 29.1 Å². The Morgan fingerprint density at radius 3 is 2.32 bits per heavy atom. The molecule has 0 unspecified atom stereocenters. The molecule has 2 aromatic carbocycles. The van der Waals surface area contributed by atoms with Crippen molar-refractivity contribution in [2.24, 2.45) is 0 Å². The third-order valence-electron chi connectivity index (χ3n) is 2.66. The minimum absolute atomic E-state index is 0.292. The summed E-state index contributed by atoms with van der Waals surface area (Å²) in [6.07, 6.45) is 0. The van der Waals surface area contributed by atoms with E-state index < -0.39 is 5.82 Å². The van der Waals surface area contributed by atoms with Crippen LogP contribution in [0, 0.1) is 19.7 Å². The van der Waals surface area contributed by atoms with Crippen molar-refractivity contribution in [3.63, 3.8) is 0 Å². The molecule has 2 rings (SSSR count). The SMILES string of the molecule is Cc1cc(C)cc(NC(=O)c2ccc(Br)c(F)c2)c1. The van der Waals surface area contributed by atoms with Crippen LogP contribution in [0.3, 0.4) is 0 Å². The van der Waals surface area contributed by atoms with Gasteiger partial charge in [0.15, 0.2) is 0 Å². The predicted molar refractivity (Wildman–Crippen MR) is 78.0 cm³/mol. The lowest BCUT2D eigenvalue weighted by Crippen LogP contribution is -2.12. The Bertz CT molecular complexity index is 620. The van der Waals surface area contributed by atoms with Crippen molar-refractivity contribution < 1.29 is 9.18 Å². The van der Waals surface area contributed by atoms with Gasteiger partial charge in [-0.25, -0.2) is 4.39 Å². The van der Waals surface area contributed by atoms with Gasteiger partial charge in [-0.05, 0) is 71.2 Å². The summed E-state index contributed by atoms with van der Waals surface area (Å²) < 4.78 is 13.7. The fourth-order valence-electron chi connectivity index (χ4n) is 1.89. The van der Waals surface area contributed by atoms with Gasteiger partial charge < -0.3 is 5.32 Å². The summed E-state index contributed by atoms with van der Waals surface area (Å²) in [6.45, 7) is 3.92. The number of hydrogen-bond acceptors (Lipinski definition) is 1. The van der Waals surface area contributed by atoms with Gasteiger partial charge in [0.2, 0.25) is 0 Å². The van der Waals surface area contributed by atoms with Crippen molar-refractivity contribution >= 4 is 27.5 Å². The first kappa shape index (κ1) is 13.7. The molecule has 0 heterocycles. The zero-order valence-corrected chi connectivity index (χ0v) is 12.2. The highest BCUT2D eigenvalue weighted by atomic mass is 79.9. The number of hydrogen-bond donors (Lipinski definition) is 1. The standard InChI is InChI=1S/C15H13BrFNO/c1-9-5-10(2)7-12(6-9)18-15(19)11-3-4-13(16)14(17)8-11/h3-8H,1-2H3,(H,18,19). The fraction of sp³-hybridized carbons (Fsp3) is 0.133. The van der Waals surface area contributed by atoms with E-state index in [0.29, 0.717) is 15.7 Å². The average molecular weight is 322 g/mol. The Labute approximate surface area is 119 Å². The van der Waals surface area contributed by atoms with Crippen molar-refractivity contribution in [1.29, 1.82) is 0 Å². The molecule has 2 aromatic rings. The molecular formula is C15H13BrFNO. The summed E-state index contributed by atoms with van der Waals surface area (Å²) in [6, 6.07) is 10.1. The van der Waals surface area contributed by atoms with Gasteiger partial charge in [-0.3, -0.25) is 4.79 Å². The van der Waals surface area contributed by atoms with Crippen LogP contribution in [-0.2, 0) is 0 Å². The van der Waals surface area contributed by atoms with Crippen molar-refractivity contribution in [3.05, 3.63) is 63.4 Å². The molecule has 19 heavy (non-hydrogen) atoms. The summed E-state index contributed by atoms with van der Waals surface area (Å²) in [5.41, 5.74) is 3.14. The summed E-state index contributed by atoms with van der Waals surface area (Å²) in [5, 5.41) is 2.77. The lowest BCUT2D eigenvalue weighted by molar-refractivity contribution is 0.102. The Kier molecular flexibility index (Phi) is 4.00. The van der Waals surface area contributed by atoms with Gasteiger partial charge in [-0.1, -0.05) is 6.07 Å². The number of benzene rings is 2. The highest BCUT2D eigenvalue weighted by Gasteiger charge is 2.09. The zero-order valence-electron chi connectivity index (χ0n) is 10.6. The van der Waals surface area contributed by atoms with Crippen LogP contribution in [0.15, 0.2) is 40.9 Å². The van der Waals surface area contributed by atoms with Crippen LogP contribution in [0.25, 0.3) is 0 Å². The number of amides is 1. The highest BCUT2D eigenvalue weighted by molar-refractivity contribution is 9.10. The van der Waals surface area contributed by atoms with Crippen molar-refractivity contribution in [2.45, 2.75) is 13.8 Å². The monoisotopic (exact) mass is 321 g/mol. The zero-order chi connectivity index (χ0) is 14.0. The van der Waals surface area contributed by atoms with Gasteiger partial charge >= 0.3 is 0 Å². The molecule has 4 heteroatoms. The number of aryl methyl sites for hydroxylation is 2. The van der Waals surface area contributed by atoms with Crippen molar-refractivity contribution in [1.82, 2.24) is 0 Å². The normalized spacial score (nSPS) is 10.3. The first-order chi connectivity index (χ1) is 8.95. The Morgan fingerprint density at radius 1 is 1.11 bits per heavy atom. The van der Waals surface area contributed by atoms with Gasteiger partial charge in [-0.15, -0.1) is 0 Å². The van der Waals surface area contributed by atoms with E-state index in [4.69, 9.17) is 0 Å². The van der Waals surface area contributed by atoms with E-state index in [1.54, 1.807) is 6.07 Å². The van der Waals surface area contributed by atoms with Crippen LogP contribution < -0.4 is 5.32 Å². The number of anilines is 1. The average Bonchev–Trinajstić information content (AvgIpc) is 2.31. The highest BCUT2D eigenvalue weighted by Crippen LogP contribution is 2.18. The van der Waals surface area contributed by atoms with Gasteiger partial charge in [0, 0.05) is 11.3 Å². The Balaban J connectivity index is 2.22. The number of halogens is 2. The molecule has 0 saturated heterocycles. The Morgan fingerprint density at radius 2 is 1.74 bits per heavy atom. The van der Waals surface area contributed by atoms with Crippen molar-refractivity contribution in [3.8, 4) is 0 Å². The molecule has 0 atom stereocenters. The van der Waals surface area contributed by atoms with Crippen LogP contribution >= 0.6 is 15.9 Å². The molecule has 0 aliphatic carbocycles. The lowest BCUT2D eigenvalue weighted by Gasteiger charge is -2.08. The second kappa shape index (κ2) is 5.53. The molecule has 0 aliphatic heterocycles. The van der Waals surface area contributed by atoms with Gasteiger partial charge in [0.25, 0.3) is 5.91 Å². The van der Waals surface area contributed by atoms with Crippen molar-refractivity contribution in [2.75, 3.05) is 5.32 Å². The first-order valence-corrected chi connectivity index (χ1v) is 6.60. The molecule has 0 spiro atoms. The van der Waals surface area contributed by atoms with E-state index in [1.165, 1.54) is 12.1 Å². The molecule has 0 radical (unpaired) electrons. The minimum atomic E-state index is -0.451. The molecular weight excluding hydrogens is 309 g/mol. The fourth-order valence-corrected chi connectivity index (χ4v) is 2.13. The molecule has 1 amide bonds. The summed E-state index contributed by atoms with van der Waals surface area (Å²) >= 11 is 3.06. The molecule has 0 fully saturated rings. The number of rotatable bonds is 2. The first-order valence-electron chi connectivity index (χ1n) is 5.80. The van der Waals surface area contributed by atoms with E-state index in [2.05, 4.69) is 21.2 Å². The van der Waals surface area contributed by atoms with Gasteiger partial charge in [-0.2, -0.15) is 0 Å². The van der Waals surface area contributed by atoms with E-state index in [-0.39, 0.29) is 5.91 Å². The van der Waals surface area contributed by atoms with E-state index in [9.17, 15) is 9.18 Å². The minimum Gasteiger partial charge on any atom is -0.322 e. The summed E-state index contributed by atoms with van der Waals surface area (Å²) in [4.78, 5) is 12.0.